The predicted molar refractivity (Wildman–Crippen MR) is 176 cm³/mol. The number of benzene rings is 1. The van der Waals surface area contributed by atoms with Gasteiger partial charge >= 0.3 is 18.2 Å². The lowest BCUT2D eigenvalue weighted by Gasteiger charge is -2.24. The van der Waals surface area contributed by atoms with Gasteiger partial charge in [-0.15, -0.1) is 0 Å². The van der Waals surface area contributed by atoms with Crippen LogP contribution in [0.4, 0.5) is 23.9 Å². The van der Waals surface area contributed by atoms with Crippen molar-refractivity contribution in [2.24, 2.45) is 0 Å². The molecule has 15 heteroatoms. The van der Waals surface area contributed by atoms with Crippen molar-refractivity contribution in [3.8, 4) is 11.3 Å². The number of H-pyrrole nitrogens is 1. The molecule has 3 N–H and O–H groups in total. The zero-order valence-corrected chi connectivity index (χ0v) is 28.8. The molecule has 4 rings (SSSR count). The van der Waals surface area contributed by atoms with Crippen molar-refractivity contribution in [2.75, 3.05) is 45.9 Å². The number of hydrogen-bond acceptors (Lipinski definition) is 9. The fraction of sp³-hybridized carbons (Fsp3) is 0.562. The monoisotopic (exact) mass is 680 g/mol. The molecule has 0 saturated heterocycles. The molecule has 2 atom stereocenters. The Balaban J connectivity index is 1.48. The molecule has 1 aliphatic carbocycles. The van der Waals surface area contributed by atoms with E-state index in [1.165, 1.54) is 38.8 Å². The van der Waals surface area contributed by atoms with Crippen molar-refractivity contribution in [1.82, 2.24) is 25.2 Å². The highest BCUT2D eigenvalue weighted by Crippen LogP contribution is 2.43. The van der Waals surface area contributed by atoms with Gasteiger partial charge < -0.3 is 34.6 Å². The van der Waals surface area contributed by atoms with Crippen molar-refractivity contribution in [2.45, 2.75) is 76.7 Å². The number of aromatic amines is 1. The van der Waals surface area contributed by atoms with Gasteiger partial charge in [-0.25, -0.2) is 19.6 Å². The number of rotatable bonds is 11. The number of alkyl halides is 3. The van der Waals surface area contributed by atoms with Crippen molar-refractivity contribution >= 4 is 41.4 Å². The molecule has 3 aromatic rings. The Bertz CT molecular complexity index is 1650. The zero-order chi connectivity index (χ0) is 34.7. The Morgan fingerprint density at radius 3 is 2.51 bits per heavy atom. The van der Waals surface area contributed by atoms with Crippen molar-refractivity contribution < 1.29 is 36.8 Å². The summed E-state index contributed by atoms with van der Waals surface area (Å²) in [6.07, 6.45) is 1.14. The summed E-state index contributed by atoms with van der Waals surface area (Å²) in [6, 6.07) is 3.16. The number of esters is 1. The lowest BCUT2D eigenvalue weighted by Crippen LogP contribution is -2.34. The molecule has 0 bridgehead atoms. The molecule has 0 unspecified atom stereocenters. The number of nitrogens with zero attached hydrogens (tertiary/aromatic N) is 3. The van der Waals surface area contributed by atoms with Crippen LogP contribution < -0.4 is 15.9 Å². The summed E-state index contributed by atoms with van der Waals surface area (Å²) in [7, 11) is 0.169. The van der Waals surface area contributed by atoms with Gasteiger partial charge in [0.15, 0.2) is 0 Å². The van der Waals surface area contributed by atoms with E-state index in [0.29, 0.717) is 17.4 Å². The number of aromatic nitrogens is 3. The Labute approximate surface area is 272 Å². The number of nitrogens with one attached hydrogen (secondary N) is 3. The first kappa shape index (κ1) is 36.2. The van der Waals surface area contributed by atoms with E-state index in [1.807, 2.05) is 27.8 Å². The van der Waals surface area contributed by atoms with Crippen LogP contribution in [0.1, 0.15) is 68.8 Å². The zero-order valence-electron chi connectivity index (χ0n) is 27.9. The summed E-state index contributed by atoms with van der Waals surface area (Å²) in [5.41, 5.74) is -1.36. The van der Waals surface area contributed by atoms with E-state index < -0.39 is 36.5 Å². The van der Waals surface area contributed by atoms with Crippen LogP contribution >= 0.6 is 7.14 Å². The van der Waals surface area contributed by atoms with Crippen molar-refractivity contribution in [1.29, 1.82) is 0 Å². The summed E-state index contributed by atoms with van der Waals surface area (Å²) in [5.74, 6) is -0.617. The van der Waals surface area contributed by atoms with Crippen LogP contribution in [0.2, 0.25) is 0 Å². The SMILES string of the molecule is COC(=O)c1ccc2c(-c3nc(N[C@H]4CC[C@H](N(C)CCCCNC(=O)OC(C)(C)C)C4)ncc3C(F)(F)F)c[nH]c2c1P(C)(C)=O. The van der Waals surface area contributed by atoms with Crippen LogP contribution in [0.25, 0.3) is 22.2 Å². The third-order valence-electron chi connectivity index (χ3n) is 8.09. The van der Waals surface area contributed by atoms with Gasteiger partial charge in [-0.2, -0.15) is 13.2 Å². The van der Waals surface area contributed by atoms with Crippen LogP contribution in [-0.4, -0.2) is 90.2 Å². The maximum atomic E-state index is 14.2. The molecule has 1 amide bonds. The first-order valence-corrected chi connectivity index (χ1v) is 18.2. The number of halogens is 3. The number of alkyl carbamates (subject to hydrolysis) is 1. The summed E-state index contributed by atoms with van der Waals surface area (Å²) in [4.78, 5) is 37.9. The number of amides is 1. The van der Waals surface area contributed by atoms with Crippen LogP contribution in [0.15, 0.2) is 24.5 Å². The number of hydrogen-bond donors (Lipinski definition) is 3. The number of anilines is 1. The van der Waals surface area contributed by atoms with Gasteiger partial charge in [-0.1, -0.05) is 6.07 Å². The van der Waals surface area contributed by atoms with Gasteiger partial charge in [0.25, 0.3) is 0 Å². The highest BCUT2D eigenvalue weighted by Gasteiger charge is 2.37. The molecule has 47 heavy (non-hydrogen) atoms. The maximum Gasteiger partial charge on any atom is 0.419 e. The Hall–Kier alpha value is -3.64. The minimum Gasteiger partial charge on any atom is -0.465 e. The fourth-order valence-corrected chi connectivity index (χ4v) is 7.39. The van der Waals surface area contributed by atoms with E-state index in [4.69, 9.17) is 9.47 Å². The molecule has 11 nitrogen and oxygen atoms in total. The summed E-state index contributed by atoms with van der Waals surface area (Å²) < 4.78 is 66.0. The van der Waals surface area contributed by atoms with Crippen LogP contribution in [0.3, 0.4) is 0 Å². The molecule has 1 aliphatic rings. The van der Waals surface area contributed by atoms with E-state index in [2.05, 4.69) is 30.5 Å². The van der Waals surface area contributed by atoms with Crippen LogP contribution in [-0.2, 0) is 20.2 Å². The van der Waals surface area contributed by atoms with Gasteiger partial charge in [0.05, 0.1) is 23.9 Å². The highest BCUT2D eigenvalue weighted by molar-refractivity contribution is 7.70. The predicted octanol–water partition coefficient (Wildman–Crippen LogP) is 6.25. The molecular weight excluding hydrogens is 636 g/mol. The van der Waals surface area contributed by atoms with Gasteiger partial charge in [0, 0.05) is 47.3 Å². The third kappa shape index (κ3) is 9.04. The minimum absolute atomic E-state index is 0.0379. The molecule has 0 spiro atoms. The Morgan fingerprint density at radius 2 is 1.87 bits per heavy atom. The average Bonchev–Trinajstić information content (AvgIpc) is 3.61. The van der Waals surface area contributed by atoms with E-state index >= 15 is 0 Å². The number of carbonyl (C=O) groups excluding carboxylic acids is 2. The highest BCUT2D eigenvalue weighted by atomic mass is 31.2. The Kier molecular flexibility index (Phi) is 11.0. The molecule has 1 fully saturated rings. The van der Waals surface area contributed by atoms with Crippen LogP contribution in [0, 0.1) is 0 Å². The third-order valence-corrected chi connectivity index (χ3v) is 9.63. The number of ether oxygens (including phenoxy) is 2. The smallest absolute Gasteiger partial charge is 0.419 e. The fourth-order valence-electron chi connectivity index (χ4n) is 5.92. The van der Waals surface area contributed by atoms with Crippen molar-refractivity contribution in [3.63, 3.8) is 0 Å². The number of fused-ring (bicyclic) bond motifs is 1. The van der Waals surface area contributed by atoms with Gasteiger partial charge in [-0.05, 0) is 85.9 Å². The first-order chi connectivity index (χ1) is 21.9. The minimum atomic E-state index is -4.74. The number of unbranched alkanes of at least 4 members (excludes halogenated alkanes) is 1. The van der Waals surface area contributed by atoms with E-state index in [0.717, 1.165) is 44.8 Å². The molecule has 258 valence electrons. The van der Waals surface area contributed by atoms with E-state index in [9.17, 15) is 27.3 Å². The molecule has 2 aromatic heterocycles. The van der Waals surface area contributed by atoms with Gasteiger partial charge in [-0.3, -0.25) is 0 Å². The second-order valence-electron chi connectivity index (χ2n) is 13.3. The summed E-state index contributed by atoms with van der Waals surface area (Å²) in [6.45, 7) is 9.76. The molecule has 0 radical (unpaired) electrons. The summed E-state index contributed by atoms with van der Waals surface area (Å²) >= 11 is 0. The molecule has 0 aliphatic heterocycles. The lowest BCUT2D eigenvalue weighted by atomic mass is 10.0. The number of methoxy groups -OCH3 is 1. The van der Waals surface area contributed by atoms with Gasteiger partial charge in [0.1, 0.15) is 18.3 Å². The van der Waals surface area contributed by atoms with E-state index in [1.54, 1.807) is 0 Å². The Morgan fingerprint density at radius 1 is 1.15 bits per heavy atom. The normalized spacial score (nSPS) is 17.3. The topological polar surface area (TPSA) is 139 Å². The average molecular weight is 681 g/mol. The molecule has 2 heterocycles. The largest absolute Gasteiger partial charge is 0.465 e. The van der Waals surface area contributed by atoms with E-state index in [-0.39, 0.29) is 40.2 Å². The molecule has 1 saturated carbocycles. The second-order valence-corrected chi connectivity index (χ2v) is 16.5. The number of carbonyl (C=O) groups is 2. The first-order valence-electron chi connectivity index (χ1n) is 15.5. The summed E-state index contributed by atoms with van der Waals surface area (Å²) in [5, 5.41) is 6.55. The lowest BCUT2D eigenvalue weighted by molar-refractivity contribution is -0.137. The molecular formula is C32H44F3N6O5P. The molecule has 1 aromatic carbocycles. The standard InChI is InChI=1S/C32H44F3N6O5P/c1-31(2,3)46-30(43)36-14-8-9-15-41(4)20-11-10-19(16-20)39-29-38-18-24(32(33,34)35)25(40-29)23-17-37-26-21(23)12-13-22(28(42)45-5)27(26)47(6,7)44/h12-13,17-20,37H,8-11,14-16H2,1-7H3,(H,36,43)(H,38,39,40)/t19-,20-/m0/s1. The van der Waals surface area contributed by atoms with Gasteiger partial charge in [0.2, 0.25) is 5.95 Å². The second kappa shape index (κ2) is 14.2. The maximum absolute atomic E-state index is 14.2. The quantitative estimate of drug-likeness (QED) is 0.122. The van der Waals surface area contributed by atoms with Crippen molar-refractivity contribution in [3.05, 3.63) is 35.7 Å². The van der Waals surface area contributed by atoms with Crippen LogP contribution in [0.5, 0.6) is 0 Å².